The van der Waals surface area contributed by atoms with Gasteiger partial charge in [0.1, 0.15) is 5.65 Å². The van der Waals surface area contributed by atoms with Crippen LogP contribution in [0.4, 0.5) is 0 Å². The number of esters is 1. The Morgan fingerprint density at radius 3 is 2.79 bits per heavy atom. The van der Waals surface area contributed by atoms with Crippen molar-refractivity contribution in [2.24, 2.45) is 0 Å². The molecule has 0 aliphatic rings. The van der Waals surface area contributed by atoms with Gasteiger partial charge in [-0.25, -0.2) is 14.8 Å². The molecule has 3 aromatic heterocycles. The van der Waals surface area contributed by atoms with Gasteiger partial charge in [0.15, 0.2) is 5.82 Å². The number of rotatable bonds is 4. The highest BCUT2D eigenvalue weighted by atomic mass is 35.5. The quantitative estimate of drug-likeness (QED) is 0.411. The number of hydrogen-bond acceptors (Lipinski definition) is 4. The maximum absolute atomic E-state index is 12.0. The third kappa shape index (κ3) is 3.46. The van der Waals surface area contributed by atoms with E-state index in [9.17, 15) is 4.79 Å². The van der Waals surface area contributed by atoms with Crippen molar-refractivity contribution in [1.82, 2.24) is 14.5 Å². The minimum absolute atomic E-state index is 0.329. The summed E-state index contributed by atoms with van der Waals surface area (Å²) >= 11 is 12.3. The molecule has 3 heterocycles. The summed E-state index contributed by atoms with van der Waals surface area (Å²) in [6, 6.07) is 14.7. The zero-order valence-corrected chi connectivity index (χ0v) is 16.4. The van der Waals surface area contributed by atoms with E-state index in [-0.39, 0.29) is 5.97 Å². The molecule has 7 heteroatoms. The summed E-state index contributed by atoms with van der Waals surface area (Å²) in [7, 11) is 0. The molecule has 1 aromatic carbocycles. The molecule has 5 nitrogen and oxygen atoms in total. The van der Waals surface area contributed by atoms with E-state index in [1.807, 2.05) is 41.1 Å². The fourth-order valence-corrected chi connectivity index (χ4v) is 3.42. The molecule has 4 aromatic rings. The predicted molar refractivity (Wildman–Crippen MR) is 110 cm³/mol. The Labute approximate surface area is 171 Å². The van der Waals surface area contributed by atoms with Crippen LogP contribution in [0, 0.1) is 0 Å². The van der Waals surface area contributed by atoms with Gasteiger partial charge in [0, 0.05) is 23.3 Å². The van der Waals surface area contributed by atoms with E-state index in [0.717, 1.165) is 16.6 Å². The van der Waals surface area contributed by atoms with Gasteiger partial charge in [-0.1, -0.05) is 35.3 Å². The zero-order chi connectivity index (χ0) is 19.7. The van der Waals surface area contributed by atoms with E-state index >= 15 is 0 Å². The van der Waals surface area contributed by atoms with Crippen LogP contribution in [0.15, 0.2) is 60.9 Å². The van der Waals surface area contributed by atoms with Crippen molar-refractivity contribution in [1.29, 1.82) is 0 Å². The van der Waals surface area contributed by atoms with Crippen molar-refractivity contribution in [3.8, 4) is 17.1 Å². The van der Waals surface area contributed by atoms with Crippen LogP contribution in [0.2, 0.25) is 10.0 Å². The lowest BCUT2D eigenvalue weighted by Crippen LogP contribution is -2.04. The highest BCUT2D eigenvalue weighted by molar-refractivity contribution is 6.35. The van der Waals surface area contributed by atoms with E-state index in [1.54, 1.807) is 31.3 Å². The first-order valence-corrected chi connectivity index (χ1v) is 9.39. The third-order valence-corrected chi connectivity index (χ3v) is 4.71. The van der Waals surface area contributed by atoms with Crippen LogP contribution >= 0.6 is 23.2 Å². The van der Waals surface area contributed by atoms with E-state index in [4.69, 9.17) is 32.9 Å². The minimum Gasteiger partial charge on any atom is -0.462 e. The van der Waals surface area contributed by atoms with E-state index in [0.29, 0.717) is 33.7 Å². The molecule has 0 saturated carbocycles. The van der Waals surface area contributed by atoms with Gasteiger partial charge in [-0.05, 0) is 43.3 Å². The van der Waals surface area contributed by atoms with E-state index in [1.165, 1.54) is 0 Å². The van der Waals surface area contributed by atoms with Crippen LogP contribution < -0.4 is 0 Å². The minimum atomic E-state index is -0.356. The average Bonchev–Trinajstić information content (AvgIpc) is 3.11. The van der Waals surface area contributed by atoms with Crippen LogP contribution in [-0.2, 0) is 4.74 Å². The molecular formula is C21H15Cl2N3O2. The number of nitrogens with zero attached hydrogens (tertiary/aromatic N) is 3. The van der Waals surface area contributed by atoms with Crippen molar-refractivity contribution in [3.63, 3.8) is 0 Å². The van der Waals surface area contributed by atoms with Crippen LogP contribution in [0.1, 0.15) is 17.3 Å². The van der Waals surface area contributed by atoms with E-state index < -0.39 is 0 Å². The number of hydrogen-bond donors (Lipinski definition) is 0. The number of carbonyl (C=O) groups excluding carboxylic acids is 1. The Hall–Kier alpha value is -2.89. The van der Waals surface area contributed by atoms with Gasteiger partial charge in [-0.2, -0.15) is 0 Å². The second-order valence-corrected chi connectivity index (χ2v) is 6.90. The van der Waals surface area contributed by atoms with Crippen molar-refractivity contribution in [2.45, 2.75) is 6.92 Å². The van der Waals surface area contributed by atoms with Crippen LogP contribution in [0.5, 0.6) is 0 Å². The van der Waals surface area contributed by atoms with Crippen molar-refractivity contribution >= 4 is 40.2 Å². The number of fused-ring (bicyclic) bond motifs is 1. The number of aromatic nitrogens is 3. The number of carbonyl (C=O) groups is 1. The Morgan fingerprint density at radius 1 is 1.14 bits per heavy atom. The molecule has 0 spiro atoms. The van der Waals surface area contributed by atoms with Gasteiger partial charge < -0.3 is 4.74 Å². The second-order valence-electron chi connectivity index (χ2n) is 6.06. The Bertz CT molecular complexity index is 1190. The molecular weight excluding hydrogens is 397 g/mol. The van der Waals surface area contributed by atoms with Crippen LogP contribution in [0.25, 0.3) is 28.1 Å². The predicted octanol–water partition coefficient (Wildman–Crippen LogP) is 5.57. The van der Waals surface area contributed by atoms with Gasteiger partial charge in [0.25, 0.3) is 0 Å². The lowest BCUT2D eigenvalue weighted by atomic mass is 10.1. The summed E-state index contributed by atoms with van der Waals surface area (Å²) in [6.07, 6.45) is 3.40. The molecule has 0 atom stereocenters. The van der Waals surface area contributed by atoms with Gasteiger partial charge in [-0.3, -0.25) is 4.57 Å². The second kappa shape index (κ2) is 7.62. The maximum Gasteiger partial charge on any atom is 0.338 e. The summed E-state index contributed by atoms with van der Waals surface area (Å²) in [5.74, 6) is 0.192. The van der Waals surface area contributed by atoms with Gasteiger partial charge in [0.05, 0.1) is 27.9 Å². The van der Waals surface area contributed by atoms with E-state index in [2.05, 4.69) is 4.98 Å². The van der Waals surface area contributed by atoms with Crippen LogP contribution in [-0.4, -0.2) is 27.1 Å². The third-order valence-electron chi connectivity index (χ3n) is 4.22. The molecule has 0 N–H and O–H groups in total. The zero-order valence-electron chi connectivity index (χ0n) is 14.9. The summed E-state index contributed by atoms with van der Waals surface area (Å²) < 4.78 is 6.89. The molecule has 28 heavy (non-hydrogen) atoms. The summed E-state index contributed by atoms with van der Waals surface area (Å²) in [5.41, 5.74) is 2.73. The first-order chi connectivity index (χ1) is 13.6. The fourth-order valence-electron chi connectivity index (χ4n) is 2.94. The molecule has 0 unspecified atom stereocenters. The van der Waals surface area contributed by atoms with Gasteiger partial charge in [0.2, 0.25) is 0 Å². The number of pyridine rings is 2. The largest absolute Gasteiger partial charge is 0.462 e. The average molecular weight is 412 g/mol. The summed E-state index contributed by atoms with van der Waals surface area (Å²) in [5, 5.41) is 1.84. The highest BCUT2D eigenvalue weighted by Crippen LogP contribution is 2.28. The Balaban J connectivity index is 1.80. The van der Waals surface area contributed by atoms with Crippen molar-refractivity contribution < 1.29 is 9.53 Å². The first kappa shape index (κ1) is 18.5. The lowest BCUT2D eigenvalue weighted by molar-refractivity contribution is 0.0526. The van der Waals surface area contributed by atoms with Crippen LogP contribution in [0.3, 0.4) is 0 Å². The topological polar surface area (TPSA) is 57.0 Å². The fraction of sp³-hybridized carbons (Fsp3) is 0.0952. The standard InChI is InChI=1S/C21H15Cl2N3O2/c1-2-28-21(27)15-5-3-4-14(10-15)18-7-6-13-8-9-26(19(13)25-18)20-17(23)11-16(22)12-24-20/h3-12H,2H2,1H3. The highest BCUT2D eigenvalue weighted by Gasteiger charge is 2.13. The number of benzene rings is 1. The molecule has 0 bridgehead atoms. The maximum atomic E-state index is 12.0. The SMILES string of the molecule is CCOC(=O)c1cccc(-c2ccc3ccn(-c4ncc(Cl)cc4Cl)c3n2)c1. The monoisotopic (exact) mass is 411 g/mol. The smallest absolute Gasteiger partial charge is 0.338 e. The van der Waals surface area contributed by atoms with Gasteiger partial charge in [-0.15, -0.1) is 0 Å². The summed E-state index contributed by atoms with van der Waals surface area (Å²) in [4.78, 5) is 21.1. The normalized spacial score (nSPS) is 11.0. The van der Waals surface area contributed by atoms with Crippen molar-refractivity contribution in [3.05, 3.63) is 76.5 Å². The lowest BCUT2D eigenvalue weighted by Gasteiger charge is -2.08. The molecule has 140 valence electrons. The van der Waals surface area contributed by atoms with Gasteiger partial charge >= 0.3 is 5.97 Å². The molecule has 0 aliphatic heterocycles. The molecule has 4 rings (SSSR count). The molecule has 0 radical (unpaired) electrons. The molecule has 0 amide bonds. The Kier molecular flexibility index (Phi) is 5.03. The number of ether oxygens (including phenoxy) is 1. The molecule has 0 fully saturated rings. The first-order valence-electron chi connectivity index (χ1n) is 8.64. The van der Waals surface area contributed by atoms with Crippen molar-refractivity contribution in [2.75, 3.05) is 6.61 Å². The molecule has 0 saturated heterocycles. The molecule has 0 aliphatic carbocycles. The summed E-state index contributed by atoms with van der Waals surface area (Å²) in [6.45, 7) is 2.11. The number of halogens is 2. The Morgan fingerprint density at radius 2 is 2.00 bits per heavy atom.